The van der Waals surface area contributed by atoms with Gasteiger partial charge in [-0.25, -0.2) is 4.98 Å². The highest BCUT2D eigenvalue weighted by molar-refractivity contribution is 5.76. The van der Waals surface area contributed by atoms with E-state index >= 15 is 0 Å². The minimum absolute atomic E-state index is 0.113. The Kier molecular flexibility index (Phi) is 3.99. The Morgan fingerprint density at radius 3 is 3.06 bits per heavy atom. The molecule has 2 rings (SSSR count). The maximum absolute atomic E-state index is 11.4. The zero-order valence-electron chi connectivity index (χ0n) is 10.4. The van der Waals surface area contributed by atoms with E-state index in [4.69, 9.17) is 9.47 Å². The first-order valence-corrected chi connectivity index (χ1v) is 5.71. The lowest BCUT2D eigenvalue weighted by Crippen LogP contribution is -2.31. The maximum Gasteiger partial charge on any atom is 0.323 e. The smallest absolute Gasteiger partial charge is 0.323 e. The molecular formula is C12H16N2O4. The summed E-state index contributed by atoms with van der Waals surface area (Å²) in [5, 5.41) is 3.05. The largest absolute Gasteiger partial charge is 0.491 e. The summed E-state index contributed by atoms with van der Waals surface area (Å²) < 4.78 is 15.5. The van der Waals surface area contributed by atoms with Crippen LogP contribution in [0.25, 0.3) is 0 Å². The van der Waals surface area contributed by atoms with Crippen molar-refractivity contribution < 1.29 is 19.0 Å². The molecule has 0 aliphatic carbocycles. The van der Waals surface area contributed by atoms with Crippen LogP contribution in [0.15, 0.2) is 18.3 Å². The lowest BCUT2D eigenvalue weighted by molar-refractivity contribution is -0.142. The molecule has 18 heavy (non-hydrogen) atoms. The Labute approximate surface area is 105 Å². The van der Waals surface area contributed by atoms with Gasteiger partial charge in [0, 0.05) is 19.2 Å². The number of rotatable bonds is 4. The van der Waals surface area contributed by atoms with Crippen LogP contribution < -0.4 is 14.8 Å². The standard InChI is InChI=1S/C12H16N2O4/c1-16-10-4-3-5-13-11(10)18-8-6-9(14-7-8)12(15)17-2/h3-5,8-9,14H,6-7H2,1-2H3. The third-order valence-electron chi connectivity index (χ3n) is 2.81. The summed E-state index contributed by atoms with van der Waals surface area (Å²) in [4.78, 5) is 15.5. The van der Waals surface area contributed by atoms with Gasteiger partial charge in [0.05, 0.1) is 14.2 Å². The third kappa shape index (κ3) is 2.70. The van der Waals surface area contributed by atoms with Crippen LogP contribution >= 0.6 is 0 Å². The van der Waals surface area contributed by atoms with E-state index in [0.717, 1.165) is 0 Å². The van der Waals surface area contributed by atoms with E-state index in [1.165, 1.54) is 7.11 Å². The normalized spacial score (nSPS) is 22.6. The van der Waals surface area contributed by atoms with Gasteiger partial charge in [0.15, 0.2) is 5.75 Å². The van der Waals surface area contributed by atoms with Gasteiger partial charge < -0.3 is 19.5 Å². The molecule has 1 N–H and O–H groups in total. The fourth-order valence-electron chi connectivity index (χ4n) is 1.89. The van der Waals surface area contributed by atoms with Crippen molar-refractivity contribution in [2.45, 2.75) is 18.6 Å². The molecule has 98 valence electrons. The maximum atomic E-state index is 11.4. The molecule has 6 heteroatoms. The number of hydrogen-bond donors (Lipinski definition) is 1. The number of hydrogen-bond acceptors (Lipinski definition) is 6. The predicted octanol–water partition coefficient (Wildman–Crippen LogP) is 0.372. The average molecular weight is 252 g/mol. The van der Waals surface area contributed by atoms with E-state index in [2.05, 4.69) is 15.0 Å². The third-order valence-corrected chi connectivity index (χ3v) is 2.81. The second-order valence-corrected chi connectivity index (χ2v) is 3.97. The average Bonchev–Trinajstić information content (AvgIpc) is 2.87. The first-order valence-electron chi connectivity index (χ1n) is 5.71. The van der Waals surface area contributed by atoms with Crippen LogP contribution in [-0.2, 0) is 9.53 Å². The molecule has 0 amide bonds. The minimum Gasteiger partial charge on any atom is -0.491 e. The van der Waals surface area contributed by atoms with Gasteiger partial charge in [0.25, 0.3) is 5.88 Å². The van der Waals surface area contributed by atoms with E-state index in [9.17, 15) is 4.79 Å². The summed E-state index contributed by atoms with van der Waals surface area (Å²) in [6.45, 7) is 0.583. The van der Waals surface area contributed by atoms with Gasteiger partial charge in [-0.15, -0.1) is 0 Å². The molecule has 1 fully saturated rings. The Bertz CT molecular complexity index is 424. The van der Waals surface area contributed by atoms with Crippen LogP contribution in [0.4, 0.5) is 0 Å². The number of nitrogens with one attached hydrogen (secondary N) is 1. The molecule has 2 atom stereocenters. The molecule has 1 aromatic heterocycles. The van der Waals surface area contributed by atoms with Crippen molar-refractivity contribution in [1.29, 1.82) is 0 Å². The van der Waals surface area contributed by atoms with Crippen LogP contribution in [0.5, 0.6) is 11.6 Å². The first kappa shape index (κ1) is 12.6. The molecule has 0 radical (unpaired) electrons. The van der Waals surface area contributed by atoms with E-state index in [0.29, 0.717) is 24.6 Å². The fraction of sp³-hybridized carbons (Fsp3) is 0.500. The van der Waals surface area contributed by atoms with Crippen molar-refractivity contribution in [1.82, 2.24) is 10.3 Å². The summed E-state index contributed by atoms with van der Waals surface area (Å²) in [5.41, 5.74) is 0. The zero-order valence-corrected chi connectivity index (χ0v) is 10.4. The van der Waals surface area contributed by atoms with Crippen molar-refractivity contribution in [2.75, 3.05) is 20.8 Å². The van der Waals surface area contributed by atoms with Gasteiger partial charge >= 0.3 is 5.97 Å². The molecule has 0 bridgehead atoms. The van der Waals surface area contributed by atoms with Crippen LogP contribution in [0.3, 0.4) is 0 Å². The highest BCUT2D eigenvalue weighted by Gasteiger charge is 2.32. The highest BCUT2D eigenvalue weighted by atomic mass is 16.5. The van der Waals surface area contributed by atoms with Gasteiger partial charge in [-0.3, -0.25) is 4.79 Å². The molecule has 1 aromatic rings. The number of ether oxygens (including phenoxy) is 3. The lowest BCUT2D eigenvalue weighted by Gasteiger charge is -2.13. The topological polar surface area (TPSA) is 69.7 Å². The summed E-state index contributed by atoms with van der Waals surface area (Å²) in [7, 11) is 2.94. The van der Waals surface area contributed by atoms with Gasteiger partial charge in [0.2, 0.25) is 0 Å². The second-order valence-electron chi connectivity index (χ2n) is 3.97. The van der Waals surface area contributed by atoms with Crippen LogP contribution in [0, 0.1) is 0 Å². The van der Waals surface area contributed by atoms with Gasteiger partial charge in [0.1, 0.15) is 12.1 Å². The molecule has 1 aliphatic heterocycles. The van der Waals surface area contributed by atoms with Crippen molar-refractivity contribution in [3.8, 4) is 11.6 Å². The number of nitrogens with zero attached hydrogens (tertiary/aromatic N) is 1. The van der Waals surface area contributed by atoms with Crippen molar-refractivity contribution in [3.05, 3.63) is 18.3 Å². The molecule has 2 heterocycles. The van der Waals surface area contributed by atoms with Crippen LogP contribution in [0.2, 0.25) is 0 Å². The SMILES string of the molecule is COC(=O)C1CC(Oc2ncccc2OC)CN1. The summed E-state index contributed by atoms with van der Waals surface area (Å²) >= 11 is 0. The number of carbonyl (C=O) groups excluding carboxylic acids is 1. The van der Waals surface area contributed by atoms with Crippen LogP contribution in [0.1, 0.15) is 6.42 Å². The molecule has 0 aromatic carbocycles. The summed E-state index contributed by atoms with van der Waals surface area (Å²) in [5.74, 6) is 0.755. The molecule has 1 aliphatic rings. The Balaban J connectivity index is 1.97. The summed E-state index contributed by atoms with van der Waals surface area (Å²) in [6.07, 6.45) is 2.09. The van der Waals surface area contributed by atoms with E-state index < -0.39 is 0 Å². The predicted molar refractivity (Wildman–Crippen MR) is 63.6 cm³/mol. The Morgan fingerprint density at radius 1 is 1.50 bits per heavy atom. The van der Waals surface area contributed by atoms with E-state index in [1.807, 2.05) is 0 Å². The number of methoxy groups -OCH3 is 2. The van der Waals surface area contributed by atoms with Gasteiger partial charge in [-0.2, -0.15) is 0 Å². The molecular weight excluding hydrogens is 236 g/mol. The minimum atomic E-state index is -0.310. The molecule has 0 saturated carbocycles. The highest BCUT2D eigenvalue weighted by Crippen LogP contribution is 2.25. The number of esters is 1. The summed E-state index contributed by atoms with van der Waals surface area (Å²) in [6, 6.07) is 3.24. The quantitative estimate of drug-likeness (QED) is 0.781. The molecule has 1 saturated heterocycles. The lowest BCUT2D eigenvalue weighted by atomic mass is 10.2. The van der Waals surface area contributed by atoms with Gasteiger partial charge in [-0.05, 0) is 12.1 Å². The van der Waals surface area contributed by atoms with Crippen molar-refractivity contribution >= 4 is 5.97 Å². The van der Waals surface area contributed by atoms with Crippen molar-refractivity contribution in [3.63, 3.8) is 0 Å². The van der Waals surface area contributed by atoms with Crippen LogP contribution in [-0.4, -0.2) is 43.9 Å². The molecule has 2 unspecified atom stereocenters. The number of carbonyl (C=O) groups is 1. The van der Waals surface area contributed by atoms with Crippen molar-refractivity contribution in [2.24, 2.45) is 0 Å². The molecule has 6 nitrogen and oxygen atoms in total. The molecule has 0 spiro atoms. The monoisotopic (exact) mass is 252 g/mol. The Hall–Kier alpha value is -1.82. The second kappa shape index (κ2) is 5.68. The fourth-order valence-corrected chi connectivity index (χ4v) is 1.89. The Morgan fingerprint density at radius 2 is 2.33 bits per heavy atom. The van der Waals surface area contributed by atoms with Gasteiger partial charge in [-0.1, -0.05) is 0 Å². The number of pyridine rings is 1. The first-order chi connectivity index (χ1) is 8.74. The number of aromatic nitrogens is 1. The van der Waals surface area contributed by atoms with E-state index in [-0.39, 0.29) is 18.1 Å². The van der Waals surface area contributed by atoms with E-state index in [1.54, 1.807) is 25.4 Å². The zero-order chi connectivity index (χ0) is 13.0.